The van der Waals surface area contributed by atoms with Crippen LogP contribution in [-0.4, -0.2) is 35.6 Å². The Morgan fingerprint density at radius 3 is 2.52 bits per heavy atom. The normalized spacial score (nSPS) is 10.7. The van der Waals surface area contributed by atoms with Crippen LogP contribution in [0.1, 0.15) is 21.6 Å². The van der Waals surface area contributed by atoms with Gasteiger partial charge in [0, 0.05) is 32.1 Å². The summed E-state index contributed by atoms with van der Waals surface area (Å²) in [5.41, 5.74) is 2.79. The van der Waals surface area contributed by atoms with Crippen molar-refractivity contribution in [1.82, 2.24) is 9.47 Å². The van der Waals surface area contributed by atoms with Crippen LogP contribution in [0.15, 0.2) is 72.9 Å². The first kappa shape index (κ1) is 19.2. The number of hydrogen-bond donors (Lipinski definition) is 0. The predicted octanol–water partition coefficient (Wildman–Crippen LogP) is 4.48. The van der Waals surface area contributed by atoms with Crippen molar-refractivity contribution in [3.63, 3.8) is 0 Å². The topological polar surface area (TPSA) is 34.5 Å². The average Bonchev–Trinajstić information content (AvgIpc) is 3.12. The van der Waals surface area contributed by atoms with E-state index in [1.807, 2.05) is 48.7 Å². The number of amides is 1. The van der Waals surface area contributed by atoms with E-state index in [1.165, 1.54) is 5.56 Å². The summed E-state index contributed by atoms with van der Waals surface area (Å²) in [6, 6.07) is 21.5. The third-order valence-electron chi connectivity index (χ3n) is 4.43. The Bertz CT molecular complexity index is 877. The predicted molar refractivity (Wildman–Crippen MR) is 108 cm³/mol. The second-order valence-electron chi connectivity index (χ2n) is 6.31. The number of benzene rings is 2. The van der Waals surface area contributed by atoms with Gasteiger partial charge in [0.1, 0.15) is 0 Å². The molecule has 5 heteroatoms. The van der Waals surface area contributed by atoms with Crippen LogP contribution >= 0.6 is 11.6 Å². The molecular weight excluding hydrogens is 360 g/mol. The SMILES string of the molecule is COCCN(Cc1cccn1Cc1ccccc1)C(=O)c1ccccc1Cl. The van der Waals surface area contributed by atoms with E-state index >= 15 is 0 Å². The number of methoxy groups -OCH3 is 1. The summed E-state index contributed by atoms with van der Waals surface area (Å²) in [5, 5.41) is 0.463. The lowest BCUT2D eigenvalue weighted by Gasteiger charge is -2.24. The Labute approximate surface area is 164 Å². The minimum atomic E-state index is -0.0925. The van der Waals surface area contributed by atoms with Crippen molar-refractivity contribution >= 4 is 17.5 Å². The van der Waals surface area contributed by atoms with E-state index in [9.17, 15) is 4.79 Å². The highest BCUT2D eigenvalue weighted by molar-refractivity contribution is 6.33. The molecule has 0 N–H and O–H groups in total. The van der Waals surface area contributed by atoms with E-state index in [-0.39, 0.29) is 5.91 Å². The summed E-state index contributed by atoms with van der Waals surface area (Å²) in [7, 11) is 1.64. The third kappa shape index (κ3) is 5.00. The van der Waals surface area contributed by atoms with Gasteiger partial charge in [-0.1, -0.05) is 54.1 Å². The Kier molecular flexibility index (Phi) is 6.69. The summed E-state index contributed by atoms with van der Waals surface area (Å²) >= 11 is 6.23. The first-order chi connectivity index (χ1) is 13.2. The average molecular weight is 383 g/mol. The largest absolute Gasteiger partial charge is 0.383 e. The standard InChI is InChI=1S/C22H23ClN2O2/c1-27-15-14-25(22(26)20-11-5-6-12-21(20)23)17-19-10-7-13-24(19)16-18-8-3-2-4-9-18/h2-13H,14-17H2,1H3. The number of rotatable bonds is 8. The molecule has 0 aliphatic heterocycles. The third-order valence-corrected chi connectivity index (χ3v) is 4.76. The van der Waals surface area contributed by atoms with E-state index in [1.54, 1.807) is 24.1 Å². The molecule has 0 saturated heterocycles. The molecule has 4 nitrogen and oxygen atoms in total. The zero-order valence-corrected chi connectivity index (χ0v) is 16.1. The van der Waals surface area contributed by atoms with E-state index in [0.717, 1.165) is 12.2 Å². The molecule has 2 aromatic carbocycles. The highest BCUT2D eigenvalue weighted by Gasteiger charge is 2.19. The van der Waals surface area contributed by atoms with Gasteiger partial charge in [-0.05, 0) is 29.8 Å². The summed E-state index contributed by atoms with van der Waals surface area (Å²) in [4.78, 5) is 14.8. The van der Waals surface area contributed by atoms with Gasteiger partial charge in [0.15, 0.2) is 0 Å². The second kappa shape index (κ2) is 9.40. The Morgan fingerprint density at radius 2 is 1.78 bits per heavy atom. The number of carbonyl (C=O) groups excluding carboxylic acids is 1. The van der Waals surface area contributed by atoms with E-state index in [2.05, 4.69) is 16.7 Å². The number of hydrogen-bond acceptors (Lipinski definition) is 2. The second-order valence-corrected chi connectivity index (χ2v) is 6.72. The Balaban J connectivity index is 1.80. The zero-order valence-electron chi connectivity index (χ0n) is 15.3. The molecule has 0 radical (unpaired) electrons. The monoisotopic (exact) mass is 382 g/mol. The van der Waals surface area contributed by atoms with Crippen LogP contribution in [0, 0.1) is 0 Å². The molecule has 0 fully saturated rings. The molecule has 140 valence electrons. The number of nitrogens with zero attached hydrogens (tertiary/aromatic N) is 2. The van der Waals surface area contributed by atoms with Gasteiger partial charge in [0.2, 0.25) is 0 Å². The van der Waals surface area contributed by atoms with Crippen molar-refractivity contribution in [3.05, 3.63) is 94.8 Å². The zero-order chi connectivity index (χ0) is 19.1. The van der Waals surface area contributed by atoms with Crippen molar-refractivity contribution in [2.24, 2.45) is 0 Å². The van der Waals surface area contributed by atoms with Crippen LogP contribution in [0.25, 0.3) is 0 Å². The van der Waals surface area contributed by atoms with Gasteiger partial charge < -0.3 is 14.2 Å². The molecule has 0 spiro atoms. The van der Waals surface area contributed by atoms with E-state index in [0.29, 0.717) is 30.3 Å². The number of carbonyl (C=O) groups is 1. The molecule has 0 bridgehead atoms. The minimum absolute atomic E-state index is 0.0925. The van der Waals surface area contributed by atoms with Gasteiger partial charge in [-0.2, -0.15) is 0 Å². The van der Waals surface area contributed by atoms with Gasteiger partial charge in [-0.25, -0.2) is 0 Å². The van der Waals surface area contributed by atoms with Crippen LogP contribution in [0.2, 0.25) is 5.02 Å². The molecule has 27 heavy (non-hydrogen) atoms. The molecule has 3 aromatic rings. The lowest BCUT2D eigenvalue weighted by molar-refractivity contribution is 0.0676. The van der Waals surface area contributed by atoms with Crippen molar-refractivity contribution in [1.29, 1.82) is 0 Å². The molecule has 1 heterocycles. The molecule has 1 aromatic heterocycles. The van der Waals surface area contributed by atoms with Crippen molar-refractivity contribution in [2.45, 2.75) is 13.1 Å². The van der Waals surface area contributed by atoms with Crippen molar-refractivity contribution < 1.29 is 9.53 Å². The Hall–Kier alpha value is -2.56. The maximum absolute atomic E-state index is 13.0. The van der Waals surface area contributed by atoms with Crippen LogP contribution in [0.3, 0.4) is 0 Å². The fraction of sp³-hybridized carbons (Fsp3) is 0.227. The first-order valence-electron chi connectivity index (χ1n) is 8.89. The van der Waals surface area contributed by atoms with Crippen molar-refractivity contribution in [3.8, 4) is 0 Å². The maximum Gasteiger partial charge on any atom is 0.255 e. The van der Waals surface area contributed by atoms with E-state index < -0.39 is 0 Å². The molecular formula is C22H23ClN2O2. The van der Waals surface area contributed by atoms with Crippen LogP contribution in [0.4, 0.5) is 0 Å². The Morgan fingerprint density at radius 1 is 1.04 bits per heavy atom. The fourth-order valence-electron chi connectivity index (χ4n) is 2.98. The summed E-state index contributed by atoms with van der Waals surface area (Å²) in [6.45, 7) is 2.22. The smallest absolute Gasteiger partial charge is 0.255 e. The molecule has 0 atom stereocenters. The number of aromatic nitrogens is 1. The molecule has 3 rings (SSSR count). The fourth-order valence-corrected chi connectivity index (χ4v) is 3.20. The van der Waals surface area contributed by atoms with Crippen LogP contribution in [0.5, 0.6) is 0 Å². The van der Waals surface area contributed by atoms with E-state index in [4.69, 9.17) is 16.3 Å². The highest BCUT2D eigenvalue weighted by Crippen LogP contribution is 2.19. The van der Waals surface area contributed by atoms with Crippen LogP contribution < -0.4 is 0 Å². The summed E-state index contributed by atoms with van der Waals surface area (Å²) in [5.74, 6) is -0.0925. The molecule has 1 amide bonds. The molecule has 0 aliphatic carbocycles. The quantitative estimate of drug-likeness (QED) is 0.575. The van der Waals surface area contributed by atoms with Gasteiger partial charge in [-0.3, -0.25) is 4.79 Å². The van der Waals surface area contributed by atoms with Crippen molar-refractivity contribution in [2.75, 3.05) is 20.3 Å². The molecule has 0 aliphatic rings. The minimum Gasteiger partial charge on any atom is -0.383 e. The van der Waals surface area contributed by atoms with Gasteiger partial charge >= 0.3 is 0 Å². The van der Waals surface area contributed by atoms with Gasteiger partial charge in [0.25, 0.3) is 5.91 Å². The lowest BCUT2D eigenvalue weighted by Crippen LogP contribution is -2.34. The molecule has 0 unspecified atom stereocenters. The lowest BCUT2D eigenvalue weighted by atomic mass is 10.2. The number of ether oxygens (including phenoxy) is 1. The van der Waals surface area contributed by atoms with Gasteiger partial charge in [0.05, 0.1) is 23.7 Å². The number of halogens is 1. The first-order valence-corrected chi connectivity index (χ1v) is 9.27. The highest BCUT2D eigenvalue weighted by atomic mass is 35.5. The van der Waals surface area contributed by atoms with Crippen LogP contribution in [-0.2, 0) is 17.8 Å². The van der Waals surface area contributed by atoms with Gasteiger partial charge in [-0.15, -0.1) is 0 Å². The molecule has 0 saturated carbocycles. The summed E-state index contributed by atoms with van der Waals surface area (Å²) < 4.78 is 7.36. The summed E-state index contributed by atoms with van der Waals surface area (Å²) in [6.07, 6.45) is 2.04. The maximum atomic E-state index is 13.0.